The lowest BCUT2D eigenvalue weighted by Crippen LogP contribution is -2.49. The maximum Gasteiger partial charge on any atom is 0.256 e. The Hall–Kier alpha value is -4.24. The number of hydrogen-bond donors (Lipinski definition) is 1. The van der Waals surface area contributed by atoms with E-state index in [4.69, 9.17) is 4.74 Å². The maximum atomic E-state index is 13.9. The second-order valence-corrected chi connectivity index (χ2v) is 9.01. The molecule has 4 aromatic rings. The van der Waals surface area contributed by atoms with Crippen molar-refractivity contribution in [3.05, 3.63) is 84.3 Å². The molecule has 0 atom stereocenters. The quantitative estimate of drug-likeness (QED) is 0.401. The highest BCUT2D eigenvalue weighted by Crippen LogP contribution is 2.26. The number of ether oxygens (including phenoxy) is 1. The number of carbonyl (C=O) groups is 2. The van der Waals surface area contributed by atoms with Gasteiger partial charge in [-0.2, -0.15) is 0 Å². The Labute approximate surface area is 215 Å². The summed E-state index contributed by atoms with van der Waals surface area (Å²) in [5.41, 5.74) is 3.71. The van der Waals surface area contributed by atoms with Gasteiger partial charge in [-0.15, -0.1) is 0 Å². The number of hydrogen-bond acceptors (Lipinski definition) is 6. The molecule has 9 heteroatoms. The number of amides is 2. The van der Waals surface area contributed by atoms with Gasteiger partial charge in [-0.25, -0.2) is 9.97 Å². The third-order valence-electron chi connectivity index (χ3n) is 6.53. The van der Waals surface area contributed by atoms with E-state index in [0.29, 0.717) is 49.5 Å². The molecule has 2 aromatic heterocycles. The molecule has 0 unspecified atom stereocenters. The molecule has 2 aromatic carbocycles. The zero-order valence-corrected chi connectivity index (χ0v) is 20.8. The molecule has 0 spiro atoms. The molecule has 0 radical (unpaired) electrons. The highest BCUT2D eigenvalue weighted by Gasteiger charge is 2.26. The van der Waals surface area contributed by atoms with E-state index < -0.39 is 0 Å². The number of rotatable bonds is 8. The van der Waals surface area contributed by atoms with Gasteiger partial charge < -0.3 is 24.4 Å². The van der Waals surface area contributed by atoms with Gasteiger partial charge in [-0.1, -0.05) is 36.4 Å². The third-order valence-corrected chi connectivity index (χ3v) is 6.53. The molecule has 1 N–H and O–H groups in total. The van der Waals surface area contributed by atoms with Crippen LogP contribution in [0.15, 0.2) is 73.2 Å². The first-order valence-corrected chi connectivity index (χ1v) is 12.4. The average Bonchev–Trinajstić information content (AvgIpc) is 3.35. The number of imidazole rings is 1. The van der Waals surface area contributed by atoms with Crippen LogP contribution in [-0.4, -0.2) is 71.1 Å². The van der Waals surface area contributed by atoms with Gasteiger partial charge in [0.05, 0.1) is 22.9 Å². The highest BCUT2D eigenvalue weighted by molar-refractivity contribution is 6.07. The lowest BCUT2D eigenvalue weighted by Gasteiger charge is -2.35. The Balaban J connectivity index is 1.42. The van der Waals surface area contributed by atoms with Crippen LogP contribution >= 0.6 is 0 Å². The van der Waals surface area contributed by atoms with Crippen molar-refractivity contribution in [2.75, 3.05) is 50.1 Å². The summed E-state index contributed by atoms with van der Waals surface area (Å²) in [4.78, 5) is 39.1. The number of anilines is 2. The standard InChI is InChI=1S/C28H30N6O3/c1-37-19-26(35)31-22-17-23(28(36)33-15-13-32(14-16-33)25-9-5-6-11-29-25)27-24(18-22)30-20-34(27)12-10-21-7-3-2-4-8-21/h2-9,11,17-18,20H,10,12-16,19H2,1H3,(H,31,35). The minimum absolute atomic E-state index is 0.0671. The second-order valence-electron chi connectivity index (χ2n) is 9.01. The van der Waals surface area contributed by atoms with E-state index in [-0.39, 0.29) is 18.4 Å². The molecule has 1 aliphatic rings. The van der Waals surface area contributed by atoms with Gasteiger partial charge in [0.25, 0.3) is 5.91 Å². The van der Waals surface area contributed by atoms with Gasteiger partial charge in [0.1, 0.15) is 12.4 Å². The summed E-state index contributed by atoms with van der Waals surface area (Å²) in [7, 11) is 1.47. The second kappa shape index (κ2) is 11.2. The van der Waals surface area contributed by atoms with Crippen LogP contribution in [-0.2, 0) is 22.5 Å². The molecular formula is C28H30N6O3. The molecule has 9 nitrogen and oxygen atoms in total. The third kappa shape index (κ3) is 5.62. The number of benzene rings is 2. The molecule has 37 heavy (non-hydrogen) atoms. The summed E-state index contributed by atoms with van der Waals surface area (Å²) in [5, 5.41) is 2.83. The van der Waals surface area contributed by atoms with Crippen LogP contribution in [0, 0.1) is 0 Å². The number of nitrogens with zero attached hydrogens (tertiary/aromatic N) is 5. The summed E-state index contributed by atoms with van der Waals surface area (Å²) in [6, 6.07) is 19.6. The van der Waals surface area contributed by atoms with Crippen molar-refractivity contribution in [3.63, 3.8) is 0 Å². The first-order valence-electron chi connectivity index (χ1n) is 12.4. The fourth-order valence-electron chi connectivity index (χ4n) is 4.69. The van der Waals surface area contributed by atoms with E-state index in [2.05, 4.69) is 32.3 Å². The maximum absolute atomic E-state index is 13.9. The Morgan fingerprint density at radius 3 is 2.49 bits per heavy atom. The zero-order chi connectivity index (χ0) is 25.6. The van der Waals surface area contributed by atoms with Gasteiger partial charge in [-0.05, 0) is 36.2 Å². The van der Waals surface area contributed by atoms with Gasteiger partial charge in [-0.3, -0.25) is 9.59 Å². The van der Waals surface area contributed by atoms with Crippen molar-refractivity contribution >= 4 is 34.4 Å². The van der Waals surface area contributed by atoms with Crippen molar-refractivity contribution in [3.8, 4) is 0 Å². The van der Waals surface area contributed by atoms with Crippen molar-refractivity contribution < 1.29 is 14.3 Å². The monoisotopic (exact) mass is 498 g/mol. The van der Waals surface area contributed by atoms with Crippen LogP contribution < -0.4 is 10.2 Å². The van der Waals surface area contributed by atoms with E-state index >= 15 is 0 Å². The molecule has 1 fully saturated rings. The van der Waals surface area contributed by atoms with E-state index in [1.807, 2.05) is 45.9 Å². The smallest absolute Gasteiger partial charge is 0.256 e. The summed E-state index contributed by atoms with van der Waals surface area (Å²) in [5.74, 6) is 0.557. The molecule has 1 aliphatic heterocycles. The van der Waals surface area contributed by atoms with Crippen LogP contribution in [0.4, 0.5) is 11.5 Å². The largest absolute Gasteiger partial charge is 0.375 e. The molecule has 3 heterocycles. The van der Waals surface area contributed by atoms with E-state index in [1.54, 1.807) is 24.7 Å². The molecule has 5 rings (SSSR count). The number of piperazine rings is 1. The van der Waals surface area contributed by atoms with Crippen LogP contribution in [0.25, 0.3) is 11.0 Å². The van der Waals surface area contributed by atoms with Crippen molar-refractivity contribution in [1.29, 1.82) is 0 Å². The van der Waals surface area contributed by atoms with Crippen LogP contribution in [0.5, 0.6) is 0 Å². The van der Waals surface area contributed by atoms with Gasteiger partial charge >= 0.3 is 0 Å². The molecule has 0 bridgehead atoms. The number of fused-ring (bicyclic) bond motifs is 1. The van der Waals surface area contributed by atoms with E-state index in [0.717, 1.165) is 17.8 Å². The summed E-state index contributed by atoms with van der Waals surface area (Å²) >= 11 is 0. The van der Waals surface area contributed by atoms with Crippen LogP contribution in [0.2, 0.25) is 0 Å². The predicted octanol–water partition coefficient (Wildman–Crippen LogP) is 3.22. The number of methoxy groups -OCH3 is 1. The minimum Gasteiger partial charge on any atom is -0.375 e. The van der Waals surface area contributed by atoms with Crippen molar-refractivity contribution in [2.45, 2.75) is 13.0 Å². The molecule has 0 saturated carbocycles. The molecular weight excluding hydrogens is 468 g/mol. The fourth-order valence-corrected chi connectivity index (χ4v) is 4.69. The Bertz CT molecular complexity index is 1360. The molecule has 0 aliphatic carbocycles. The molecule has 190 valence electrons. The lowest BCUT2D eigenvalue weighted by molar-refractivity contribution is -0.119. The Morgan fingerprint density at radius 1 is 0.973 bits per heavy atom. The van der Waals surface area contributed by atoms with Crippen molar-refractivity contribution in [1.82, 2.24) is 19.4 Å². The Kier molecular flexibility index (Phi) is 7.41. The SMILES string of the molecule is COCC(=O)Nc1cc(C(=O)N2CCN(c3ccccn3)CC2)c2c(c1)ncn2CCc1ccccc1. The lowest BCUT2D eigenvalue weighted by atomic mass is 10.1. The highest BCUT2D eigenvalue weighted by atomic mass is 16.5. The topological polar surface area (TPSA) is 92.6 Å². The summed E-state index contributed by atoms with van der Waals surface area (Å²) in [6.07, 6.45) is 4.36. The normalized spacial score (nSPS) is 13.6. The number of aryl methyl sites for hydroxylation is 2. The average molecular weight is 499 g/mol. The van der Waals surface area contributed by atoms with Gasteiger partial charge in [0.15, 0.2) is 0 Å². The van der Waals surface area contributed by atoms with Gasteiger partial charge in [0.2, 0.25) is 5.91 Å². The number of carbonyl (C=O) groups excluding carboxylic acids is 2. The molecule has 1 saturated heterocycles. The minimum atomic E-state index is -0.285. The number of aromatic nitrogens is 3. The number of pyridine rings is 1. The fraction of sp³-hybridized carbons (Fsp3) is 0.286. The van der Waals surface area contributed by atoms with Crippen molar-refractivity contribution in [2.24, 2.45) is 0 Å². The van der Waals surface area contributed by atoms with Gasteiger partial charge in [0, 0.05) is 51.7 Å². The summed E-state index contributed by atoms with van der Waals surface area (Å²) < 4.78 is 6.97. The van der Waals surface area contributed by atoms with Crippen LogP contribution in [0.3, 0.4) is 0 Å². The zero-order valence-electron chi connectivity index (χ0n) is 20.8. The molecule has 2 amide bonds. The summed E-state index contributed by atoms with van der Waals surface area (Å²) in [6.45, 7) is 3.17. The first-order chi connectivity index (χ1) is 18.1. The predicted molar refractivity (Wildman–Crippen MR) is 143 cm³/mol. The van der Waals surface area contributed by atoms with E-state index in [9.17, 15) is 9.59 Å². The number of nitrogens with one attached hydrogen (secondary N) is 1. The van der Waals surface area contributed by atoms with Crippen LogP contribution in [0.1, 0.15) is 15.9 Å². The van der Waals surface area contributed by atoms with E-state index in [1.165, 1.54) is 12.7 Å². The Morgan fingerprint density at radius 2 is 1.76 bits per heavy atom. The first kappa shape index (κ1) is 24.5.